The molecule has 0 fully saturated rings. The number of rotatable bonds is 4. The van der Waals surface area contributed by atoms with Gasteiger partial charge in [0.2, 0.25) is 5.91 Å². The Morgan fingerprint density at radius 1 is 1.47 bits per heavy atom. The largest absolute Gasteiger partial charge is 0.490 e. The number of primary amides is 1. The standard InChI is InChI=1S/C9H10Cl2N2O2/c10-5-1-2-6(11)8(3-5)15-4-7(12)9(13)14/h1-3,7H,4,12H2,(H2,13,14). The van der Waals surface area contributed by atoms with Gasteiger partial charge in [0.25, 0.3) is 0 Å². The second-order valence-corrected chi connectivity index (χ2v) is 3.74. The van der Waals surface area contributed by atoms with Gasteiger partial charge >= 0.3 is 0 Å². The Morgan fingerprint density at radius 2 is 2.13 bits per heavy atom. The van der Waals surface area contributed by atoms with Crippen molar-refractivity contribution in [2.75, 3.05) is 6.61 Å². The summed E-state index contributed by atoms with van der Waals surface area (Å²) in [5.41, 5.74) is 10.3. The Morgan fingerprint density at radius 3 is 2.73 bits per heavy atom. The third-order valence-electron chi connectivity index (χ3n) is 1.68. The number of ether oxygens (including phenoxy) is 1. The molecule has 0 aliphatic rings. The van der Waals surface area contributed by atoms with Gasteiger partial charge in [0.15, 0.2) is 0 Å². The van der Waals surface area contributed by atoms with Gasteiger partial charge in [0, 0.05) is 11.1 Å². The molecule has 4 N–H and O–H groups in total. The molecule has 1 aromatic carbocycles. The van der Waals surface area contributed by atoms with E-state index in [0.717, 1.165) is 0 Å². The van der Waals surface area contributed by atoms with Crippen LogP contribution in [0, 0.1) is 0 Å². The van der Waals surface area contributed by atoms with Gasteiger partial charge in [-0.05, 0) is 12.1 Å². The van der Waals surface area contributed by atoms with Crippen molar-refractivity contribution >= 4 is 29.1 Å². The lowest BCUT2D eigenvalue weighted by Gasteiger charge is -2.11. The van der Waals surface area contributed by atoms with E-state index < -0.39 is 11.9 Å². The third kappa shape index (κ3) is 3.58. The minimum atomic E-state index is -0.861. The van der Waals surface area contributed by atoms with Crippen LogP contribution >= 0.6 is 23.2 Å². The maximum atomic E-state index is 10.6. The molecule has 0 aliphatic heterocycles. The van der Waals surface area contributed by atoms with Gasteiger partial charge in [-0.15, -0.1) is 0 Å². The number of benzene rings is 1. The molecule has 4 nitrogen and oxygen atoms in total. The van der Waals surface area contributed by atoms with Crippen molar-refractivity contribution in [1.29, 1.82) is 0 Å². The van der Waals surface area contributed by atoms with Crippen molar-refractivity contribution in [3.63, 3.8) is 0 Å². The Bertz CT molecular complexity index is 371. The number of nitrogens with two attached hydrogens (primary N) is 2. The molecule has 0 saturated heterocycles. The van der Waals surface area contributed by atoms with Crippen LogP contribution in [0.4, 0.5) is 0 Å². The van der Waals surface area contributed by atoms with Crippen LogP contribution in [0.2, 0.25) is 10.0 Å². The Balaban J connectivity index is 2.65. The molecular weight excluding hydrogens is 239 g/mol. The predicted octanol–water partition coefficient (Wildman–Crippen LogP) is 1.18. The average molecular weight is 249 g/mol. The van der Waals surface area contributed by atoms with Crippen LogP contribution in [-0.2, 0) is 4.79 Å². The number of hydrogen-bond donors (Lipinski definition) is 2. The highest BCUT2D eigenvalue weighted by molar-refractivity contribution is 6.34. The molecule has 0 bridgehead atoms. The fraction of sp³-hybridized carbons (Fsp3) is 0.222. The van der Waals surface area contributed by atoms with E-state index in [1.807, 2.05) is 0 Å². The van der Waals surface area contributed by atoms with Crippen LogP contribution in [0.5, 0.6) is 5.75 Å². The smallest absolute Gasteiger partial charge is 0.237 e. The number of amides is 1. The summed E-state index contributed by atoms with van der Waals surface area (Å²) in [6.45, 7) is -0.0323. The molecule has 0 saturated carbocycles. The molecule has 1 rings (SSSR count). The fourth-order valence-electron chi connectivity index (χ4n) is 0.850. The van der Waals surface area contributed by atoms with E-state index in [0.29, 0.717) is 15.8 Å². The van der Waals surface area contributed by atoms with E-state index in [9.17, 15) is 4.79 Å². The lowest BCUT2D eigenvalue weighted by Crippen LogP contribution is -2.41. The van der Waals surface area contributed by atoms with Crippen LogP contribution < -0.4 is 16.2 Å². The third-order valence-corrected chi connectivity index (χ3v) is 2.22. The maximum absolute atomic E-state index is 10.6. The molecule has 0 radical (unpaired) electrons. The van der Waals surface area contributed by atoms with Crippen molar-refractivity contribution in [2.45, 2.75) is 6.04 Å². The normalized spacial score (nSPS) is 12.2. The van der Waals surface area contributed by atoms with Crippen molar-refractivity contribution < 1.29 is 9.53 Å². The topological polar surface area (TPSA) is 78.3 Å². The second kappa shape index (κ2) is 5.21. The van der Waals surface area contributed by atoms with Crippen LogP contribution in [-0.4, -0.2) is 18.6 Å². The average Bonchev–Trinajstić information content (AvgIpc) is 2.18. The first-order valence-electron chi connectivity index (χ1n) is 4.13. The first kappa shape index (κ1) is 12.1. The maximum Gasteiger partial charge on any atom is 0.237 e. The molecule has 1 unspecified atom stereocenters. The first-order valence-corrected chi connectivity index (χ1v) is 4.89. The predicted molar refractivity (Wildman–Crippen MR) is 59.1 cm³/mol. The van der Waals surface area contributed by atoms with Gasteiger partial charge in [0.1, 0.15) is 18.4 Å². The highest BCUT2D eigenvalue weighted by Gasteiger charge is 2.11. The number of hydrogen-bond acceptors (Lipinski definition) is 3. The molecule has 1 atom stereocenters. The molecule has 0 aromatic heterocycles. The summed E-state index contributed by atoms with van der Waals surface area (Å²) in [4.78, 5) is 10.6. The molecule has 1 amide bonds. The highest BCUT2D eigenvalue weighted by Crippen LogP contribution is 2.27. The zero-order valence-electron chi connectivity index (χ0n) is 7.74. The molecule has 0 spiro atoms. The lowest BCUT2D eigenvalue weighted by atomic mass is 10.3. The Hall–Kier alpha value is -0.970. The summed E-state index contributed by atoms with van der Waals surface area (Å²) in [5, 5.41) is 0.887. The van der Waals surface area contributed by atoms with Gasteiger partial charge < -0.3 is 16.2 Å². The van der Waals surface area contributed by atoms with E-state index in [1.54, 1.807) is 12.1 Å². The van der Waals surface area contributed by atoms with Crippen molar-refractivity contribution in [3.05, 3.63) is 28.2 Å². The molecular formula is C9H10Cl2N2O2. The lowest BCUT2D eigenvalue weighted by molar-refractivity contribution is -0.119. The van der Waals surface area contributed by atoms with Gasteiger partial charge in [-0.25, -0.2) is 0 Å². The molecule has 82 valence electrons. The summed E-state index contributed by atoms with van der Waals surface area (Å²) in [5.74, 6) is -0.256. The minimum Gasteiger partial charge on any atom is -0.490 e. The van der Waals surface area contributed by atoms with E-state index >= 15 is 0 Å². The van der Waals surface area contributed by atoms with E-state index in [-0.39, 0.29) is 6.61 Å². The van der Waals surface area contributed by atoms with E-state index in [2.05, 4.69) is 0 Å². The van der Waals surface area contributed by atoms with Crippen molar-refractivity contribution in [1.82, 2.24) is 0 Å². The summed E-state index contributed by atoms with van der Waals surface area (Å²) in [6, 6.07) is 3.90. The van der Waals surface area contributed by atoms with Crippen LogP contribution in [0.1, 0.15) is 0 Å². The molecule has 0 aliphatic carbocycles. The van der Waals surface area contributed by atoms with Crippen LogP contribution in [0.15, 0.2) is 18.2 Å². The summed E-state index contributed by atoms with van der Waals surface area (Å²) < 4.78 is 5.20. The Kier molecular flexibility index (Phi) is 4.20. The van der Waals surface area contributed by atoms with Crippen molar-refractivity contribution in [3.8, 4) is 5.75 Å². The van der Waals surface area contributed by atoms with Crippen LogP contribution in [0.25, 0.3) is 0 Å². The van der Waals surface area contributed by atoms with E-state index in [4.69, 9.17) is 39.4 Å². The summed E-state index contributed by atoms with van der Waals surface area (Å²) in [6.07, 6.45) is 0. The number of carbonyl (C=O) groups is 1. The van der Waals surface area contributed by atoms with E-state index in [1.165, 1.54) is 6.07 Å². The Labute approximate surface area is 97.1 Å². The monoisotopic (exact) mass is 248 g/mol. The summed E-state index contributed by atoms with van der Waals surface area (Å²) in [7, 11) is 0. The SMILES string of the molecule is NC(=O)C(N)COc1cc(Cl)ccc1Cl. The molecule has 6 heteroatoms. The molecule has 15 heavy (non-hydrogen) atoms. The minimum absolute atomic E-state index is 0.0323. The van der Waals surface area contributed by atoms with Crippen LogP contribution in [0.3, 0.4) is 0 Å². The van der Waals surface area contributed by atoms with Gasteiger partial charge in [-0.1, -0.05) is 23.2 Å². The number of halogens is 2. The second-order valence-electron chi connectivity index (χ2n) is 2.89. The van der Waals surface area contributed by atoms with Crippen molar-refractivity contribution in [2.24, 2.45) is 11.5 Å². The zero-order chi connectivity index (χ0) is 11.4. The van der Waals surface area contributed by atoms with Gasteiger partial charge in [0.05, 0.1) is 5.02 Å². The fourth-order valence-corrected chi connectivity index (χ4v) is 1.18. The molecule has 0 heterocycles. The molecule has 1 aromatic rings. The highest BCUT2D eigenvalue weighted by atomic mass is 35.5. The summed E-state index contributed by atoms with van der Waals surface area (Å²) >= 11 is 11.6. The van der Waals surface area contributed by atoms with Gasteiger partial charge in [-0.2, -0.15) is 0 Å². The quantitative estimate of drug-likeness (QED) is 0.841. The zero-order valence-corrected chi connectivity index (χ0v) is 9.26. The first-order chi connectivity index (χ1) is 7.00. The van der Waals surface area contributed by atoms with Gasteiger partial charge in [-0.3, -0.25) is 4.79 Å². The number of carbonyl (C=O) groups excluding carboxylic acids is 1.